The standard InChI is InChI=1S/C21H23NO3Si/c1-4-22-18-8-13-5-6-26(2,3)11-14(13)7-16(18)15-9-19-20(25-12-24-19)10-17(15)21(22)23/h7-10H,4-6,11-12H2,1-3H3. The second-order valence-electron chi connectivity index (χ2n) is 8.28. The number of benzene rings is 2. The van der Waals surface area contributed by atoms with Crippen molar-refractivity contribution in [3.63, 3.8) is 0 Å². The number of hydrogen-bond acceptors (Lipinski definition) is 3. The highest BCUT2D eigenvalue weighted by atomic mass is 28.3. The summed E-state index contributed by atoms with van der Waals surface area (Å²) in [4.78, 5) is 13.1. The van der Waals surface area contributed by atoms with E-state index >= 15 is 0 Å². The molecule has 2 aliphatic rings. The number of rotatable bonds is 1. The van der Waals surface area contributed by atoms with Gasteiger partial charge in [0.15, 0.2) is 11.5 Å². The van der Waals surface area contributed by atoms with Crippen LogP contribution < -0.4 is 15.0 Å². The summed E-state index contributed by atoms with van der Waals surface area (Å²) in [6.07, 6.45) is 1.14. The first-order chi connectivity index (χ1) is 12.5. The SMILES string of the molecule is CCn1c(=O)c2cc3c(cc2c2cc4c(cc21)CC[Si](C)(C)C4)OCO3. The number of aryl methyl sites for hydroxylation is 2. The molecule has 0 amide bonds. The molecule has 5 heteroatoms. The van der Waals surface area contributed by atoms with Gasteiger partial charge in [0.2, 0.25) is 6.79 Å². The molecule has 0 spiro atoms. The van der Waals surface area contributed by atoms with Crippen LogP contribution in [0.5, 0.6) is 11.5 Å². The maximum Gasteiger partial charge on any atom is 0.259 e. The van der Waals surface area contributed by atoms with Gasteiger partial charge in [-0.25, -0.2) is 0 Å². The summed E-state index contributed by atoms with van der Waals surface area (Å²) in [6, 6.07) is 11.0. The topological polar surface area (TPSA) is 40.5 Å². The molecule has 0 saturated heterocycles. The molecular formula is C21H23NO3Si. The highest BCUT2D eigenvalue weighted by Gasteiger charge is 2.28. The van der Waals surface area contributed by atoms with Crippen molar-refractivity contribution in [3.8, 4) is 11.5 Å². The van der Waals surface area contributed by atoms with Crippen molar-refractivity contribution in [2.75, 3.05) is 6.79 Å². The van der Waals surface area contributed by atoms with Gasteiger partial charge in [-0.05, 0) is 54.8 Å². The van der Waals surface area contributed by atoms with Crippen LogP contribution in [0.15, 0.2) is 29.1 Å². The molecule has 0 unspecified atom stereocenters. The van der Waals surface area contributed by atoms with Crippen LogP contribution in [0.4, 0.5) is 0 Å². The molecule has 4 nitrogen and oxygen atoms in total. The van der Waals surface area contributed by atoms with Crippen LogP contribution in [0.2, 0.25) is 19.1 Å². The minimum Gasteiger partial charge on any atom is -0.454 e. The third-order valence-electron chi connectivity index (χ3n) is 5.94. The minimum absolute atomic E-state index is 0.0544. The van der Waals surface area contributed by atoms with Crippen molar-refractivity contribution >= 4 is 29.7 Å². The van der Waals surface area contributed by atoms with Gasteiger partial charge in [0.1, 0.15) is 0 Å². The fourth-order valence-electron chi connectivity index (χ4n) is 4.50. The Labute approximate surface area is 153 Å². The monoisotopic (exact) mass is 365 g/mol. The van der Waals surface area contributed by atoms with Gasteiger partial charge < -0.3 is 14.0 Å². The lowest BCUT2D eigenvalue weighted by molar-refractivity contribution is 0.174. The molecule has 3 aromatic rings. The average molecular weight is 366 g/mol. The van der Waals surface area contributed by atoms with Crippen molar-refractivity contribution in [1.29, 1.82) is 0 Å². The van der Waals surface area contributed by atoms with Crippen molar-refractivity contribution in [2.45, 2.75) is 45.1 Å². The average Bonchev–Trinajstić information content (AvgIpc) is 3.07. The van der Waals surface area contributed by atoms with Crippen molar-refractivity contribution < 1.29 is 9.47 Å². The lowest BCUT2D eigenvalue weighted by Crippen LogP contribution is -2.33. The van der Waals surface area contributed by atoms with E-state index in [-0.39, 0.29) is 12.4 Å². The molecule has 0 bridgehead atoms. The van der Waals surface area contributed by atoms with E-state index in [2.05, 4.69) is 25.2 Å². The van der Waals surface area contributed by atoms with E-state index in [0.29, 0.717) is 12.3 Å². The summed E-state index contributed by atoms with van der Waals surface area (Å²) in [6.45, 7) is 7.88. The molecule has 2 aliphatic heterocycles. The number of fused-ring (bicyclic) bond motifs is 5. The molecular weight excluding hydrogens is 342 g/mol. The third-order valence-corrected chi connectivity index (χ3v) is 8.89. The van der Waals surface area contributed by atoms with Crippen LogP contribution in [0.25, 0.3) is 21.7 Å². The van der Waals surface area contributed by atoms with Crippen LogP contribution in [-0.2, 0) is 19.0 Å². The Morgan fingerprint density at radius 2 is 1.73 bits per heavy atom. The van der Waals surface area contributed by atoms with Gasteiger partial charge in [-0.1, -0.05) is 19.1 Å². The number of hydrogen-bond donors (Lipinski definition) is 0. The highest BCUT2D eigenvalue weighted by molar-refractivity contribution is 6.77. The number of ether oxygens (including phenoxy) is 2. The zero-order chi connectivity index (χ0) is 18.1. The quantitative estimate of drug-likeness (QED) is 0.478. The molecule has 0 atom stereocenters. The van der Waals surface area contributed by atoms with Gasteiger partial charge >= 0.3 is 0 Å². The van der Waals surface area contributed by atoms with E-state index in [9.17, 15) is 4.79 Å². The van der Waals surface area contributed by atoms with Gasteiger partial charge in [0.25, 0.3) is 5.56 Å². The van der Waals surface area contributed by atoms with Gasteiger partial charge in [-0.15, -0.1) is 0 Å². The van der Waals surface area contributed by atoms with Crippen LogP contribution >= 0.6 is 0 Å². The molecule has 3 heterocycles. The van der Waals surface area contributed by atoms with Crippen molar-refractivity contribution in [3.05, 3.63) is 45.7 Å². The smallest absolute Gasteiger partial charge is 0.259 e. The Balaban J connectivity index is 1.90. The Hall–Kier alpha value is -2.27. The second kappa shape index (κ2) is 5.36. The largest absolute Gasteiger partial charge is 0.454 e. The highest BCUT2D eigenvalue weighted by Crippen LogP contribution is 2.39. The maximum atomic E-state index is 13.1. The van der Waals surface area contributed by atoms with E-state index in [1.54, 1.807) is 0 Å². The first-order valence-corrected chi connectivity index (χ1v) is 12.8. The van der Waals surface area contributed by atoms with Crippen molar-refractivity contribution in [1.82, 2.24) is 4.57 Å². The summed E-state index contributed by atoms with van der Waals surface area (Å²) < 4.78 is 13.0. The summed E-state index contributed by atoms with van der Waals surface area (Å²) >= 11 is 0. The number of nitrogens with zero attached hydrogens (tertiary/aromatic N) is 1. The van der Waals surface area contributed by atoms with Gasteiger partial charge in [-0.2, -0.15) is 0 Å². The normalized spacial score (nSPS) is 17.7. The molecule has 0 fully saturated rings. The number of pyridine rings is 1. The van der Waals surface area contributed by atoms with Gasteiger partial charge in [0.05, 0.1) is 19.0 Å². The molecule has 2 aromatic carbocycles. The summed E-state index contributed by atoms with van der Waals surface area (Å²) in [5, 5.41) is 2.85. The zero-order valence-corrected chi connectivity index (χ0v) is 16.5. The van der Waals surface area contributed by atoms with E-state index in [1.165, 1.54) is 23.2 Å². The first kappa shape index (κ1) is 15.9. The molecule has 1 aromatic heterocycles. The van der Waals surface area contributed by atoms with Crippen LogP contribution in [-0.4, -0.2) is 19.4 Å². The van der Waals surface area contributed by atoms with Crippen LogP contribution in [0.1, 0.15) is 18.1 Å². The summed E-state index contributed by atoms with van der Waals surface area (Å²) in [5.74, 6) is 1.41. The predicted molar refractivity (Wildman–Crippen MR) is 107 cm³/mol. The Morgan fingerprint density at radius 1 is 1.00 bits per heavy atom. The van der Waals surface area contributed by atoms with Crippen molar-refractivity contribution in [2.24, 2.45) is 0 Å². The maximum absolute atomic E-state index is 13.1. The zero-order valence-electron chi connectivity index (χ0n) is 15.5. The van der Waals surface area contributed by atoms with Crippen LogP contribution in [0, 0.1) is 0 Å². The lowest BCUT2D eigenvalue weighted by Gasteiger charge is -2.30. The van der Waals surface area contributed by atoms with E-state index in [0.717, 1.165) is 33.8 Å². The minimum atomic E-state index is -1.16. The fourth-order valence-corrected chi connectivity index (χ4v) is 6.98. The summed E-state index contributed by atoms with van der Waals surface area (Å²) in [7, 11) is -1.16. The third kappa shape index (κ3) is 2.23. The fraction of sp³-hybridized carbons (Fsp3) is 0.381. The van der Waals surface area contributed by atoms with E-state index in [4.69, 9.17) is 9.47 Å². The first-order valence-electron chi connectivity index (χ1n) is 9.38. The molecule has 134 valence electrons. The molecule has 0 saturated carbocycles. The molecule has 0 aliphatic carbocycles. The van der Waals surface area contributed by atoms with E-state index < -0.39 is 8.07 Å². The van der Waals surface area contributed by atoms with Crippen LogP contribution in [0.3, 0.4) is 0 Å². The molecule has 5 rings (SSSR count). The van der Waals surface area contributed by atoms with Gasteiger partial charge in [0, 0.05) is 17.3 Å². The van der Waals surface area contributed by atoms with E-state index in [1.807, 2.05) is 23.6 Å². The predicted octanol–water partition coefficient (Wildman–Crippen LogP) is 4.25. The summed E-state index contributed by atoms with van der Waals surface area (Å²) in [5.41, 5.74) is 3.99. The molecule has 26 heavy (non-hydrogen) atoms. The Morgan fingerprint density at radius 3 is 2.46 bits per heavy atom. The lowest BCUT2D eigenvalue weighted by atomic mass is 9.98. The Kier molecular flexibility index (Phi) is 3.29. The number of aromatic nitrogens is 1. The molecule has 0 N–H and O–H groups in total. The second-order valence-corrected chi connectivity index (χ2v) is 13.5. The Bertz CT molecular complexity index is 1130. The molecule has 0 radical (unpaired) electrons. The van der Waals surface area contributed by atoms with Gasteiger partial charge in [-0.3, -0.25) is 4.79 Å².